The van der Waals surface area contributed by atoms with Gasteiger partial charge < -0.3 is 0 Å². The van der Waals surface area contributed by atoms with Crippen LogP contribution in [0.15, 0.2) is 0 Å². The number of fused-ring (bicyclic) bond motifs is 2. The summed E-state index contributed by atoms with van der Waals surface area (Å²) in [7, 11) is 0. The number of hydroxylamine groups is 2. The maximum absolute atomic E-state index is 5.26. The third-order valence-electron chi connectivity index (χ3n) is 2.13. The van der Waals surface area contributed by atoms with Crippen molar-refractivity contribution in [2.75, 3.05) is 13.1 Å². The van der Waals surface area contributed by atoms with Crippen LogP contribution in [0.4, 0.5) is 0 Å². The lowest BCUT2D eigenvalue weighted by Crippen LogP contribution is -2.38. The first-order valence-electron chi connectivity index (χ1n) is 3.68. The van der Waals surface area contributed by atoms with E-state index < -0.39 is 0 Å². The van der Waals surface area contributed by atoms with Crippen LogP contribution in [0.2, 0.25) is 0 Å². The van der Waals surface area contributed by atoms with Gasteiger partial charge in [-0.1, -0.05) is 0 Å². The topological polar surface area (TPSA) is 12.5 Å². The van der Waals surface area contributed by atoms with Crippen molar-refractivity contribution in [3.05, 3.63) is 6.61 Å². The third kappa shape index (κ3) is 1.10. The van der Waals surface area contributed by atoms with Crippen LogP contribution >= 0.6 is 0 Å². The Hall–Kier alpha value is -0.0800. The summed E-state index contributed by atoms with van der Waals surface area (Å²) in [4.78, 5) is 5.26. The fourth-order valence-corrected chi connectivity index (χ4v) is 1.60. The molecule has 1 radical (unpaired) electrons. The van der Waals surface area contributed by atoms with E-state index in [-0.39, 0.29) is 0 Å². The van der Waals surface area contributed by atoms with E-state index in [1.807, 2.05) is 6.61 Å². The van der Waals surface area contributed by atoms with Crippen molar-refractivity contribution in [1.82, 2.24) is 5.06 Å². The van der Waals surface area contributed by atoms with Crippen LogP contribution in [-0.2, 0) is 4.84 Å². The second kappa shape index (κ2) is 2.27. The van der Waals surface area contributed by atoms with Gasteiger partial charge in [0.15, 0.2) is 0 Å². The van der Waals surface area contributed by atoms with Gasteiger partial charge >= 0.3 is 0 Å². The molecule has 0 aromatic heterocycles. The zero-order valence-electron chi connectivity index (χ0n) is 5.55. The van der Waals surface area contributed by atoms with Crippen molar-refractivity contribution in [2.24, 2.45) is 5.92 Å². The van der Waals surface area contributed by atoms with Crippen molar-refractivity contribution < 1.29 is 4.84 Å². The van der Waals surface area contributed by atoms with Crippen LogP contribution in [0, 0.1) is 12.5 Å². The van der Waals surface area contributed by atoms with Gasteiger partial charge in [-0.2, -0.15) is 5.06 Å². The van der Waals surface area contributed by atoms with E-state index in [2.05, 4.69) is 5.06 Å². The van der Waals surface area contributed by atoms with Gasteiger partial charge in [0, 0.05) is 13.1 Å². The van der Waals surface area contributed by atoms with Crippen LogP contribution < -0.4 is 0 Å². The largest absolute Gasteiger partial charge is 0.293 e. The molecular formula is C7H12NO. The zero-order valence-corrected chi connectivity index (χ0v) is 5.55. The monoisotopic (exact) mass is 126 g/mol. The molecule has 0 spiro atoms. The van der Waals surface area contributed by atoms with Gasteiger partial charge in [0.05, 0.1) is 0 Å². The lowest BCUT2D eigenvalue weighted by molar-refractivity contribution is -0.177. The van der Waals surface area contributed by atoms with Crippen LogP contribution in [0.1, 0.15) is 19.3 Å². The molecular weight excluding hydrogens is 114 g/mol. The minimum atomic E-state index is 0.896. The van der Waals surface area contributed by atoms with Gasteiger partial charge in [-0.05, 0) is 25.2 Å². The number of nitrogens with zero attached hydrogens (tertiary/aromatic N) is 1. The van der Waals surface area contributed by atoms with Crippen molar-refractivity contribution >= 4 is 0 Å². The summed E-state index contributed by atoms with van der Waals surface area (Å²) in [5, 5.41) is 2.07. The fourth-order valence-electron chi connectivity index (χ4n) is 1.60. The molecule has 9 heavy (non-hydrogen) atoms. The Kier molecular flexibility index (Phi) is 1.44. The molecule has 51 valence electrons. The molecule has 2 nitrogen and oxygen atoms in total. The van der Waals surface area contributed by atoms with E-state index in [0.29, 0.717) is 0 Å². The van der Waals surface area contributed by atoms with Gasteiger partial charge in [0.1, 0.15) is 6.61 Å². The highest BCUT2D eigenvalue weighted by Crippen LogP contribution is 2.25. The zero-order chi connectivity index (χ0) is 6.10. The number of hydrogen-bond acceptors (Lipinski definition) is 2. The molecule has 2 saturated heterocycles. The van der Waals surface area contributed by atoms with E-state index >= 15 is 0 Å². The van der Waals surface area contributed by atoms with E-state index in [9.17, 15) is 0 Å². The normalized spacial score (nSPS) is 42.7. The maximum Gasteiger partial charge on any atom is 0.108 e. The van der Waals surface area contributed by atoms with E-state index in [1.165, 1.54) is 12.8 Å². The minimum Gasteiger partial charge on any atom is -0.293 e. The molecule has 2 heteroatoms. The molecule has 2 aliphatic heterocycles. The first kappa shape index (κ1) is 5.69. The van der Waals surface area contributed by atoms with Crippen LogP contribution in [0.25, 0.3) is 0 Å². The Morgan fingerprint density at radius 3 is 3.33 bits per heavy atom. The summed E-state index contributed by atoms with van der Waals surface area (Å²) in [5.41, 5.74) is 0. The van der Waals surface area contributed by atoms with Crippen LogP contribution in [-0.4, -0.2) is 18.2 Å². The SMILES string of the molecule is [CH]1CC2CCCN(C2)O1. The number of rotatable bonds is 0. The van der Waals surface area contributed by atoms with Gasteiger partial charge in [0.25, 0.3) is 0 Å². The molecule has 0 aliphatic carbocycles. The van der Waals surface area contributed by atoms with Crippen LogP contribution in [0.3, 0.4) is 0 Å². The van der Waals surface area contributed by atoms with E-state index in [1.54, 1.807) is 0 Å². The van der Waals surface area contributed by atoms with Crippen LogP contribution in [0.5, 0.6) is 0 Å². The second-order valence-electron chi connectivity index (χ2n) is 2.90. The van der Waals surface area contributed by atoms with Gasteiger partial charge in [-0.15, -0.1) is 0 Å². The lowest BCUT2D eigenvalue weighted by Gasteiger charge is -2.35. The van der Waals surface area contributed by atoms with Crippen molar-refractivity contribution in [3.63, 3.8) is 0 Å². The summed E-state index contributed by atoms with van der Waals surface area (Å²) in [5.74, 6) is 0.896. The maximum atomic E-state index is 5.26. The summed E-state index contributed by atoms with van der Waals surface area (Å²) in [6, 6.07) is 0. The van der Waals surface area contributed by atoms with E-state index in [4.69, 9.17) is 4.84 Å². The van der Waals surface area contributed by atoms with Gasteiger partial charge in [-0.3, -0.25) is 4.84 Å². The molecule has 2 fully saturated rings. The van der Waals surface area contributed by atoms with Gasteiger partial charge in [-0.25, -0.2) is 0 Å². The Bertz CT molecular complexity index is 85.1. The predicted octanol–water partition coefficient (Wildman–Crippen LogP) is 1.20. The summed E-state index contributed by atoms with van der Waals surface area (Å²) < 4.78 is 0. The molecule has 2 unspecified atom stereocenters. The highest BCUT2D eigenvalue weighted by molar-refractivity contribution is 4.75. The summed E-state index contributed by atoms with van der Waals surface area (Å²) in [6.45, 7) is 4.23. The molecule has 2 heterocycles. The molecule has 2 aliphatic rings. The Labute approximate surface area is 55.7 Å². The first-order chi connectivity index (χ1) is 4.45. The molecule has 2 bridgehead atoms. The second-order valence-corrected chi connectivity index (χ2v) is 2.90. The molecule has 2 rings (SSSR count). The smallest absolute Gasteiger partial charge is 0.108 e. The number of hydrogen-bond donors (Lipinski definition) is 0. The number of piperidine rings is 1. The highest BCUT2D eigenvalue weighted by atomic mass is 16.7. The summed E-state index contributed by atoms with van der Waals surface area (Å²) >= 11 is 0. The average Bonchev–Trinajstić information content (AvgIpc) is 1.88. The van der Waals surface area contributed by atoms with Gasteiger partial charge in [0.2, 0.25) is 0 Å². The molecule has 0 N–H and O–H groups in total. The highest BCUT2D eigenvalue weighted by Gasteiger charge is 2.24. The quantitative estimate of drug-likeness (QED) is 0.483. The average molecular weight is 126 g/mol. The Balaban J connectivity index is 1.96. The predicted molar refractivity (Wildman–Crippen MR) is 34.3 cm³/mol. The third-order valence-corrected chi connectivity index (χ3v) is 2.13. The minimum absolute atomic E-state index is 0.896. The molecule has 2 atom stereocenters. The first-order valence-corrected chi connectivity index (χ1v) is 3.68. The standard InChI is InChI=1S/C7H12NO/c1-2-7-3-5-9-8(4-1)6-7/h5,7H,1-4,6H2. The summed E-state index contributed by atoms with van der Waals surface area (Å²) in [6.07, 6.45) is 3.88. The lowest BCUT2D eigenvalue weighted by atomic mass is 9.95. The Morgan fingerprint density at radius 1 is 1.56 bits per heavy atom. The van der Waals surface area contributed by atoms with Crippen molar-refractivity contribution in [2.45, 2.75) is 19.3 Å². The molecule has 0 aromatic rings. The van der Waals surface area contributed by atoms with E-state index in [0.717, 1.165) is 25.4 Å². The molecule has 0 saturated carbocycles. The molecule has 0 amide bonds. The van der Waals surface area contributed by atoms with Crippen molar-refractivity contribution in [3.8, 4) is 0 Å². The molecule has 0 aromatic carbocycles. The Morgan fingerprint density at radius 2 is 2.56 bits per heavy atom. The van der Waals surface area contributed by atoms with Crippen molar-refractivity contribution in [1.29, 1.82) is 0 Å². The fraction of sp³-hybridized carbons (Fsp3) is 0.857.